The standard InChI is InChI=1S/C11H14N2/c1-2-6-10(7-3-1)11-12-8-4-5-9-13-11/h1-3,6-7H,4-5,8-9H2,(H,12,13)/p+1. The highest BCUT2D eigenvalue weighted by Gasteiger charge is 2.10. The number of hydrogen-bond acceptors (Lipinski definition) is 1. The SMILES string of the molecule is c1ccc(C2=[NH+]CCCCN2)cc1. The first kappa shape index (κ1) is 8.30. The Bertz CT molecular complexity index is 290. The van der Waals surface area contributed by atoms with Gasteiger partial charge in [0, 0.05) is 0 Å². The van der Waals surface area contributed by atoms with Gasteiger partial charge in [-0.2, -0.15) is 0 Å². The van der Waals surface area contributed by atoms with Crippen molar-refractivity contribution in [3.05, 3.63) is 35.9 Å². The largest absolute Gasteiger partial charge is 0.274 e. The molecule has 0 spiro atoms. The predicted molar refractivity (Wildman–Crippen MR) is 53.6 cm³/mol. The second-order valence-electron chi connectivity index (χ2n) is 3.30. The van der Waals surface area contributed by atoms with E-state index in [-0.39, 0.29) is 0 Å². The molecule has 1 aromatic carbocycles. The summed E-state index contributed by atoms with van der Waals surface area (Å²) in [7, 11) is 0. The van der Waals surface area contributed by atoms with Crippen LogP contribution in [0.4, 0.5) is 0 Å². The van der Waals surface area contributed by atoms with Gasteiger partial charge in [0.25, 0.3) is 5.84 Å². The van der Waals surface area contributed by atoms with E-state index in [9.17, 15) is 0 Å². The highest BCUT2D eigenvalue weighted by atomic mass is 15.0. The van der Waals surface area contributed by atoms with E-state index in [2.05, 4.69) is 34.6 Å². The van der Waals surface area contributed by atoms with Crippen molar-refractivity contribution in [2.24, 2.45) is 0 Å². The molecule has 1 heterocycles. The zero-order valence-electron chi connectivity index (χ0n) is 7.72. The lowest BCUT2D eigenvalue weighted by Gasteiger charge is -1.98. The fourth-order valence-electron chi connectivity index (χ4n) is 1.55. The van der Waals surface area contributed by atoms with Crippen molar-refractivity contribution in [2.75, 3.05) is 13.1 Å². The molecule has 68 valence electrons. The van der Waals surface area contributed by atoms with Gasteiger partial charge < -0.3 is 0 Å². The van der Waals surface area contributed by atoms with Gasteiger partial charge in [-0.1, -0.05) is 18.2 Å². The second kappa shape index (κ2) is 4.08. The van der Waals surface area contributed by atoms with E-state index >= 15 is 0 Å². The molecule has 0 radical (unpaired) electrons. The van der Waals surface area contributed by atoms with Gasteiger partial charge in [0.1, 0.15) is 0 Å². The minimum atomic E-state index is 1.08. The summed E-state index contributed by atoms with van der Waals surface area (Å²) in [4.78, 5) is 3.40. The van der Waals surface area contributed by atoms with Crippen LogP contribution in [0.25, 0.3) is 0 Å². The summed E-state index contributed by atoms with van der Waals surface area (Å²) >= 11 is 0. The topological polar surface area (TPSA) is 26.0 Å². The molecule has 2 rings (SSSR count). The Kier molecular flexibility index (Phi) is 2.60. The van der Waals surface area contributed by atoms with Crippen LogP contribution in [0.2, 0.25) is 0 Å². The van der Waals surface area contributed by atoms with Crippen molar-refractivity contribution in [1.29, 1.82) is 0 Å². The third-order valence-corrected chi connectivity index (χ3v) is 2.27. The second-order valence-corrected chi connectivity index (χ2v) is 3.30. The van der Waals surface area contributed by atoms with E-state index < -0.39 is 0 Å². The zero-order chi connectivity index (χ0) is 8.93. The summed E-state index contributed by atoms with van der Waals surface area (Å²) in [5.74, 6) is 1.18. The summed E-state index contributed by atoms with van der Waals surface area (Å²) in [6.45, 7) is 2.16. The molecule has 1 aromatic rings. The van der Waals surface area contributed by atoms with Gasteiger partial charge in [-0.05, 0) is 25.0 Å². The average Bonchev–Trinajstić information content (AvgIpc) is 2.47. The van der Waals surface area contributed by atoms with E-state index in [1.807, 2.05) is 6.07 Å². The number of nitrogens with one attached hydrogen (secondary N) is 2. The van der Waals surface area contributed by atoms with E-state index in [1.54, 1.807) is 0 Å². The third-order valence-electron chi connectivity index (χ3n) is 2.27. The lowest BCUT2D eigenvalue weighted by Crippen LogP contribution is -2.75. The van der Waals surface area contributed by atoms with Crippen LogP contribution >= 0.6 is 0 Å². The van der Waals surface area contributed by atoms with Crippen molar-refractivity contribution in [1.82, 2.24) is 5.32 Å². The number of benzene rings is 1. The van der Waals surface area contributed by atoms with E-state index in [1.165, 1.54) is 24.2 Å². The Labute approximate surface area is 78.7 Å². The Hall–Kier alpha value is -1.31. The molecule has 1 aliphatic heterocycles. The van der Waals surface area contributed by atoms with Gasteiger partial charge in [-0.15, -0.1) is 0 Å². The van der Waals surface area contributed by atoms with Crippen molar-refractivity contribution in [3.63, 3.8) is 0 Å². The monoisotopic (exact) mass is 175 g/mol. The Morgan fingerprint density at radius 1 is 1.08 bits per heavy atom. The molecule has 0 aliphatic carbocycles. The number of amidine groups is 1. The minimum absolute atomic E-state index is 1.08. The molecular formula is C11H15N2+. The molecule has 0 saturated carbocycles. The first-order chi connectivity index (χ1) is 6.47. The molecule has 0 fully saturated rings. The summed E-state index contributed by atoms with van der Waals surface area (Å²) in [6.07, 6.45) is 2.51. The quantitative estimate of drug-likeness (QED) is 0.612. The van der Waals surface area contributed by atoms with Crippen LogP contribution in [0.3, 0.4) is 0 Å². The predicted octanol–water partition coefficient (Wildman–Crippen LogP) is -0.103. The summed E-state index contributed by atoms with van der Waals surface area (Å²) in [6, 6.07) is 10.4. The van der Waals surface area contributed by atoms with E-state index in [0.717, 1.165) is 13.1 Å². The molecular weight excluding hydrogens is 160 g/mol. The average molecular weight is 175 g/mol. The van der Waals surface area contributed by atoms with Crippen LogP contribution in [-0.4, -0.2) is 18.9 Å². The molecule has 0 saturated heterocycles. The van der Waals surface area contributed by atoms with Gasteiger partial charge >= 0.3 is 0 Å². The normalized spacial score (nSPS) is 17.1. The smallest absolute Gasteiger partial charge is 0.274 e. The molecule has 0 unspecified atom stereocenters. The van der Waals surface area contributed by atoms with Crippen molar-refractivity contribution < 1.29 is 4.99 Å². The molecule has 0 bridgehead atoms. The maximum Gasteiger partial charge on any atom is 0.274 e. The Morgan fingerprint density at radius 2 is 1.92 bits per heavy atom. The maximum atomic E-state index is 3.40. The van der Waals surface area contributed by atoms with Gasteiger partial charge in [0.15, 0.2) is 0 Å². The number of hydrogen-bond donors (Lipinski definition) is 2. The highest BCUT2D eigenvalue weighted by Crippen LogP contribution is 1.97. The lowest BCUT2D eigenvalue weighted by atomic mass is 10.2. The summed E-state index contributed by atoms with van der Waals surface area (Å²) < 4.78 is 0. The van der Waals surface area contributed by atoms with Gasteiger partial charge in [-0.25, -0.2) is 0 Å². The van der Waals surface area contributed by atoms with Crippen LogP contribution < -0.4 is 10.3 Å². The molecule has 0 atom stereocenters. The summed E-state index contributed by atoms with van der Waals surface area (Å²) in [5, 5.41) is 3.40. The van der Waals surface area contributed by atoms with Gasteiger partial charge in [0.05, 0.1) is 18.7 Å². The Morgan fingerprint density at radius 3 is 2.77 bits per heavy atom. The fraction of sp³-hybridized carbons (Fsp3) is 0.364. The minimum Gasteiger partial charge on any atom is -0.274 e. The summed E-state index contributed by atoms with van der Waals surface area (Å²) in [5.41, 5.74) is 1.25. The highest BCUT2D eigenvalue weighted by molar-refractivity contribution is 5.94. The Balaban J connectivity index is 2.19. The van der Waals surface area contributed by atoms with Crippen LogP contribution in [0.15, 0.2) is 30.3 Å². The van der Waals surface area contributed by atoms with Gasteiger partial charge in [0.2, 0.25) is 0 Å². The molecule has 13 heavy (non-hydrogen) atoms. The van der Waals surface area contributed by atoms with Crippen molar-refractivity contribution in [3.8, 4) is 0 Å². The maximum absolute atomic E-state index is 3.40. The van der Waals surface area contributed by atoms with E-state index in [4.69, 9.17) is 0 Å². The lowest BCUT2D eigenvalue weighted by molar-refractivity contribution is -0.457. The van der Waals surface area contributed by atoms with Gasteiger partial charge in [-0.3, -0.25) is 10.3 Å². The van der Waals surface area contributed by atoms with Crippen LogP contribution in [0.1, 0.15) is 18.4 Å². The molecule has 2 heteroatoms. The van der Waals surface area contributed by atoms with Crippen LogP contribution in [0, 0.1) is 0 Å². The van der Waals surface area contributed by atoms with Crippen molar-refractivity contribution in [2.45, 2.75) is 12.8 Å². The molecule has 0 amide bonds. The van der Waals surface area contributed by atoms with E-state index in [0.29, 0.717) is 0 Å². The van der Waals surface area contributed by atoms with Crippen molar-refractivity contribution >= 4 is 5.84 Å². The zero-order valence-corrected chi connectivity index (χ0v) is 7.72. The van der Waals surface area contributed by atoms with Crippen LogP contribution in [-0.2, 0) is 0 Å². The molecule has 0 aromatic heterocycles. The fourth-order valence-corrected chi connectivity index (χ4v) is 1.55. The molecule has 2 N–H and O–H groups in total. The molecule has 2 nitrogen and oxygen atoms in total. The first-order valence-corrected chi connectivity index (χ1v) is 4.87. The molecule has 1 aliphatic rings. The number of rotatable bonds is 1. The van der Waals surface area contributed by atoms with Crippen LogP contribution in [0.5, 0.6) is 0 Å². The third kappa shape index (κ3) is 2.08. The first-order valence-electron chi connectivity index (χ1n) is 4.87.